The number of nitrogens with two attached hydrogens (primary N) is 1. The summed E-state index contributed by atoms with van der Waals surface area (Å²) >= 11 is 0. The number of hydrogen-bond donors (Lipinski definition) is 2. The zero-order valence-electron chi connectivity index (χ0n) is 10.3. The highest BCUT2D eigenvalue weighted by molar-refractivity contribution is 5.62. The monoisotopic (exact) mass is 246 g/mol. The summed E-state index contributed by atoms with van der Waals surface area (Å²) in [5.41, 5.74) is 7.37. The van der Waals surface area contributed by atoms with Crippen molar-refractivity contribution in [2.24, 2.45) is 0 Å². The largest absolute Gasteiger partial charge is 0.368 e. The number of para-hydroxylation sites is 1. The molecule has 1 heterocycles. The fourth-order valence-corrected chi connectivity index (χ4v) is 1.71. The van der Waals surface area contributed by atoms with Gasteiger partial charge in [0.2, 0.25) is 5.95 Å². The Morgan fingerprint density at radius 3 is 2.72 bits per heavy atom. The fourth-order valence-electron chi connectivity index (χ4n) is 1.71. The maximum Gasteiger partial charge on any atom is 0.222 e. The molecule has 1 aromatic heterocycles. The first kappa shape index (κ1) is 12.3. The average Bonchev–Trinajstić information content (AvgIpc) is 2.34. The second-order valence-electron chi connectivity index (χ2n) is 4.29. The lowest BCUT2D eigenvalue weighted by Crippen LogP contribution is -2.04. The molecule has 5 heteroatoms. The Morgan fingerprint density at radius 1 is 1.28 bits per heavy atom. The Labute approximate surface area is 105 Å². The Morgan fingerprint density at radius 2 is 2.00 bits per heavy atom. The number of aromatic nitrogens is 2. The molecule has 1 aromatic carbocycles. The molecule has 0 aliphatic rings. The summed E-state index contributed by atoms with van der Waals surface area (Å²) in [4.78, 5) is 7.44. The second-order valence-corrected chi connectivity index (χ2v) is 4.29. The Balaban J connectivity index is 2.37. The van der Waals surface area contributed by atoms with Crippen LogP contribution in [0.2, 0.25) is 0 Å². The van der Waals surface area contributed by atoms with Crippen LogP contribution in [0, 0.1) is 5.82 Å². The zero-order chi connectivity index (χ0) is 13.1. The van der Waals surface area contributed by atoms with Crippen molar-refractivity contribution in [3.63, 3.8) is 0 Å². The molecular weight excluding hydrogens is 231 g/mol. The molecular formula is C13H15FN4. The molecule has 0 unspecified atom stereocenters. The van der Waals surface area contributed by atoms with E-state index in [4.69, 9.17) is 5.73 Å². The lowest BCUT2D eigenvalue weighted by molar-refractivity contribution is 0.619. The summed E-state index contributed by atoms with van der Waals surface area (Å²) in [7, 11) is 0. The standard InChI is InChI=1S/C13H15FN4/c1-8(2)9-5-3-4-6-11(9)17-12-10(14)7-16-13(15)18-12/h3-8H,1-2H3,(H3,15,16,17,18). The molecule has 94 valence electrons. The predicted octanol–water partition coefficient (Wildman–Crippen LogP) is 3.06. The molecule has 3 N–H and O–H groups in total. The van der Waals surface area contributed by atoms with Gasteiger partial charge in [-0.2, -0.15) is 4.98 Å². The minimum atomic E-state index is -0.525. The van der Waals surface area contributed by atoms with Crippen LogP contribution in [0.25, 0.3) is 0 Å². The van der Waals surface area contributed by atoms with Gasteiger partial charge >= 0.3 is 0 Å². The number of nitrogen functional groups attached to an aromatic ring is 1. The van der Waals surface area contributed by atoms with E-state index in [1.807, 2.05) is 24.3 Å². The number of rotatable bonds is 3. The van der Waals surface area contributed by atoms with Crippen LogP contribution in [0.5, 0.6) is 0 Å². The summed E-state index contributed by atoms with van der Waals surface area (Å²) in [6.45, 7) is 4.15. The lowest BCUT2D eigenvalue weighted by atomic mass is 10.0. The van der Waals surface area contributed by atoms with Crippen LogP contribution in [0.3, 0.4) is 0 Å². The van der Waals surface area contributed by atoms with E-state index >= 15 is 0 Å². The molecule has 0 saturated heterocycles. The molecule has 2 rings (SSSR count). The number of benzene rings is 1. The molecule has 0 aliphatic carbocycles. The SMILES string of the molecule is CC(C)c1ccccc1Nc1nc(N)ncc1F. The number of halogens is 1. The van der Waals surface area contributed by atoms with Crippen LogP contribution in [-0.4, -0.2) is 9.97 Å². The average molecular weight is 246 g/mol. The summed E-state index contributed by atoms with van der Waals surface area (Å²) in [5.74, 6) is -0.0600. The molecule has 0 spiro atoms. The minimum absolute atomic E-state index is 0.0425. The summed E-state index contributed by atoms with van der Waals surface area (Å²) in [6.07, 6.45) is 1.06. The first-order chi connectivity index (χ1) is 8.58. The van der Waals surface area contributed by atoms with Gasteiger partial charge < -0.3 is 11.1 Å². The zero-order valence-corrected chi connectivity index (χ0v) is 10.3. The second kappa shape index (κ2) is 5.00. The molecule has 0 atom stereocenters. The van der Waals surface area contributed by atoms with Crippen LogP contribution < -0.4 is 11.1 Å². The molecule has 0 saturated carbocycles. The third-order valence-corrected chi connectivity index (χ3v) is 2.60. The molecule has 18 heavy (non-hydrogen) atoms. The van der Waals surface area contributed by atoms with Gasteiger partial charge in [0.1, 0.15) is 0 Å². The summed E-state index contributed by atoms with van der Waals surface area (Å²) in [5, 5.41) is 2.96. The van der Waals surface area contributed by atoms with Crippen molar-refractivity contribution in [3.8, 4) is 0 Å². The number of nitrogens with one attached hydrogen (secondary N) is 1. The van der Waals surface area contributed by atoms with Crippen LogP contribution in [0.4, 0.5) is 21.8 Å². The third-order valence-electron chi connectivity index (χ3n) is 2.60. The van der Waals surface area contributed by atoms with Crippen molar-refractivity contribution in [1.82, 2.24) is 9.97 Å². The van der Waals surface area contributed by atoms with Gasteiger partial charge in [-0.3, -0.25) is 0 Å². The Hall–Kier alpha value is -2.17. The normalized spacial score (nSPS) is 10.7. The molecule has 4 nitrogen and oxygen atoms in total. The van der Waals surface area contributed by atoms with E-state index in [-0.39, 0.29) is 11.8 Å². The molecule has 0 fully saturated rings. The van der Waals surface area contributed by atoms with Crippen molar-refractivity contribution >= 4 is 17.5 Å². The van der Waals surface area contributed by atoms with E-state index in [0.29, 0.717) is 5.92 Å². The maximum atomic E-state index is 13.5. The van der Waals surface area contributed by atoms with E-state index in [0.717, 1.165) is 17.4 Å². The Kier molecular flexibility index (Phi) is 3.41. The number of nitrogens with zero attached hydrogens (tertiary/aromatic N) is 2. The molecule has 2 aromatic rings. The summed E-state index contributed by atoms with van der Waals surface area (Å²) < 4.78 is 13.5. The summed E-state index contributed by atoms with van der Waals surface area (Å²) in [6, 6.07) is 7.71. The highest BCUT2D eigenvalue weighted by atomic mass is 19.1. The van der Waals surface area contributed by atoms with Crippen molar-refractivity contribution < 1.29 is 4.39 Å². The van der Waals surface area contributed by atoms with Crippen LogP contribution in [0.15, 0.2) is 30.5 Å². The highest BCUT2D eigenvalue weighted by Gasteiger charge is 2.10. The van der Waals surface area contributed by atoms with E-state index < -0.39 is 5.82 Å². The van der Waals surface area contributed by atoms with Gasteiger partial charge in [0.15, 0.2) is 11.6 Å². The minimum Gasteiger partial charge on any atom is -0.368 e. The van der Waals surface area contributed by atoms with Gasteiger partial charge in [0.25, 0.3) is 0 Å². The van der Waals surface area contributed by atoms with Crippen molar-refractivity contribution in [1.29, 1.82) is 0 Å². The third kappa shape index (κ3) is 2.56. The van der Waals surface area contributed by atoms with Gasteiger partial charge in [0, 0.05) is 5.69 Å². The van der Waals surface area contributed by atoms with E-state index in [2.05, 4.69) is 29.1 Å². The smallest absolute Gasteiger partial charge is 0.222 e. The lowest BCUT2D eigenvalue weighted by Gasteiger charge is -2.14. The van der Waals surface area contributed by atoms with Gasteiger partial charge in [-0.1, -0.05) is 32.0 Å². The topological polar surface area (TPSA) is 63.8 Å². The number of anilines is 3. The quantitative estimate of drug-likeness (QED) is 0.873. The van der Waals surface area contributed by atoms with E-state index in [9.17, 15) is 4.39 Å². The first-order valence-electron chi connectivity index (χ1n) is 5.72. The molecule has 0 amide bonds. The highest BCUT2D eigenvalue weighted by Crippen LogP contribution is 2.27. The van der Waals surface area contributed by atoms with Crippen LogP contribution in [0.1, 0.15) is 25.3 Å². The van der Waals surface area contributed by atoms with Crippen molar-refractivity contribution in [3.05, 3.63) is 41.8 Å². The van der Waals surface area contributed by atoms with Gasteiger partial charge in [-0.15, -0.1) is 0 Å². The van der Waals surface area contributed by atoms with E-state index in [1.165, 1.54) is 0 Å². The van der Waals surface area contributed by atoms with E-state index in [1.54, 1.807) is 0 Å². The molecule has 0 radical (unpaired) electrons. The molecule has 0 bridgehead atoms. The fraction of sp³-hybridized carbons (Fsp3) is 0.231. The maximum absolute atomic E-state index is 13.5. The van der Waals surface area contributed by atoms with Gasteiger partial charge in [0.05, 0.1) is 6.20 Å². The van der Waals surface area contributed by atoms with Gasteiger partial charge in [-0.25, -0.2) is 9.37 Å². The van der Waals surface area contributed by atoms with Crippen LogP contribution in [-0.2, 0) is 0 Å². The van der Waals surface area contributed by atoms with Crippen molar-refractivity contribution in [2.45, 2.75) is 19.8 Å². The Bertz CT molecular complexity index is 554. The first-order valence-corrected chi connectivity index (χ1v) is 5.72. The van der Waals surface area contributed by atoms with Crippen molar-refractivity contribution in [2.75, 3.05) is 11.1 Å². The predicted molar refractivity (Wildman–Crippen MR) is 70.2 cm³/mol. The number of hydrogen-bond acceptors (Lipinski definition) is 4. The van der Waals surface area contributed by atoms with Crippen LogP contribution >= 0.6 is 0 Å². The van der Waals surface area contributed by atoms with Gasteiger partial charge in [-0.05, 0) is 17.5 Å². The molecule has 0 aliphatic heterocycles.